The van der Waals surface area contributed by atoms with Gasteiger partial charge in [0.2, 0.25) is 11.8 Å². The van der Waals surface area contributed by atoms with Gasteiger partial charge < -0.3 is 10.2 Å². The second-order valence-corrected chi connectivity index (χ2v) is 5.57. The summed E-state index contributed by atoms with van der Waals surface area (Å²) in [6, 6.07) is 7.88. The minimum Gasteiger partial charge on any atom is -0.353 e. The van der Waals surface area contributed by atoms with Gasteiger partial charge in [-0.15, -0.1) is 0 Å². The lowest BCUT2D eigenvalue weighted by molar-refractivity contribution is -0.121. The van der Waals surface area contributed by atoms with E-state index in [1.54, 1.807) is 4.90 Å². The minimum atomic E-state index is -0.0638. The van der Waals surface area contributed by atoms with Crippen molar-refractivity contribution in [3.63, 3.8) is 0 Å². The molecule has 2 amide bonds. The Morgan fingerprint density at radius 2 is 2.05 bits per heavy atom. The predicted octanol–water partition coefficient (Wildman–Crippen LogP) is 2.47. The number of nitrogens with one attached hydrogen (secondary N) is 1. The molecule has 0 aromatic heterocycles. The monoisotopic (exact) mass is 324 g/mol. The van der Waals surface area contributed by atoms with Crippen LogP contribution in [0.4, 0.5) is 5.69 Å². The quantitative estimate of drug-likeness (QED) is 0.904. The molecule has 0 spiro atoms. The van der Waals surface area contributed by atoms with Gasteiger partial charge in [0.05, 0.1) is 5.69 Å². The maximum absolute atomic E-state index is 11.7. The summed E-state index contributed by atoms with van der Waals surface area (Å²) in [7, 11) is 0. The molecule has 102 valence electrons. The highest BCUT2D eigenvalue weighted by Gasteiger charge is 2.23. The topological polar surface area (TPSA) is 49.4 Å². The largest absolute Gasteiger partial charge is 0.353 e. The number of benzene rings is 1. The summed E-state index contributed by atoms with van der Waals surface area (Å²) in [5, 5.41) is 2.93. The fourth-order valence-electron chi connectivity index (χ4n) is 1.86. The van der Waals surface area contributed by atoms with Gasteiger partial charge in [0, 0.05) is 30.4 Å². The summed E-state index contributed by atoms with van der Waals surface area (Å²) in [6.45, 7) is 1.91. The van der Waals surface area contributed by atoms with Gasteiger partial charge in [-0.1, -0.05) is 12.1 Å². The zero-order chi connectivity index (χ0) is 13.8. The highest BCUT2D eigenvalue weighted by Crippen LogP contribution is 2.26. The average Bonchev–Trinajstić information content (AvgIpc) is 3.15. The first kappa shape index (κ1) is 14.1. The predicted molar refractivity (Wildman–Crippen MR) is 78.0 cm³/mol. The molecule has 0 radical (unpaired) electrons. The Morgan fingerprint density at radius 1 is 1.37 bits per heavy atom. The van der Waals surface area contributed by atoms with Gasteiger partial charge in [-0.25, -0.2) is 0 Å². The van der Waals surface area contributed by atoms with Crippen LogP contribution in [0.1, 0.15) is 26.2 Å². The zero-order valence-electron chi connectivity index (χ0n) is 10.9. The van der Waals surface area contributed by atoms with Crippen LogP contribution in [0.2, 0.25) is 0 Å². The number of para-hydroxylation sites is 1. The SMILES string of the molecule is CC(=O)N(CCC(=O)NC1CC1)c1ccccc1Br. The van der Waals surface area contributed by atoms with Crippen LogP contribution in [0, 0.1) is 0 Å². The highest BCUT2D eigenvalue weighted by atomic mass is 79.9. The molecule has 0 unspecified atom stereocenters. The van der Waals surface area contributed by atoms with Crippen LogP contribution in [0.3, 0.4) is 0 Å². The third kappa shape index (κ3) is 4.06. The molecule has 0 saturated heterocycles. The van der Waals surface area contributed by atoms with Crippen LogP contribution in [0.25, 0.3) is 0 Å². The molecule has 0 bridgehead atoms. The van der Waals surface area contributed by atoms with E-state index in [2.05, 4.69) is 21.2 Å². The van der Waals surface area contributed by atoms with Gasteiger partial charge in [0.25, 0.3) is 0 Å². The molecule has 1 N–H and O–H groups in total. The second-order valence-electron chi connectivity index (χ2n) is 4.71. The van der Waals surface area contributed by atoms with Crippen molar-refractivity contribution in [2.75, 3.05) is 11.4 Å². The molecule has 1 saturated carbocycles. The molecular weight excluding hydrogens is 308 g/mol. The molecule has 0 atom stereocenters. The number of halogens is 1. The summed E-state index contributed by atoms with van der Waals surface area (Å²) in [5.74, 6) is -0.0491. The van der Waals surface area contributed by atoms with Crippen LogP contribution < -0.4 is 10.2 Å². The van der Waals surface area contributed by atoms with Crippen molar-refractivity contribution in [3.05, 3.63) is 28.7 Å². The van der Waals surface area contributed by atoms with E-state index in [-0.39, 0.29) is 11.8 Å². The van der Waals surface area contributed by atoms with E-state index in [1.807, 2.05) is 24.3 Å². The summed E-state index contributed by atoms with van der Waals surface area (Å²) >= 11 is 3.43. The fourth-order valence-corrected chi connectivity index (χ4v) is 2.36. The maximum Gasteiger partial charge on any atom is 0.223 e. The summed E-state index contributed by atoms with van der Waals surface area (Å²) in [4.78, 5) is 25.0. The Hall–Kier alpha value is -1.36. The molecule has 1 aromatic rings. The molecule has 4 nitrogen and oxygen atoms in total. The van der Waals surface area contributed by atoms with Crippen LogP contribution in [0.5, 0.6) is 0 Å². The Morgan fingerprint density at radius 3 is 2.63 bits per heavy atom. The number of carbonyl (C=O) groups is 2. The van der Waals surface area contributed by atoms with Gasteiger partial charge >= 0.3 is 0 Å². The molecule has 0 aliphatic heterocycles. The number of amides is 2. The molecule has 2 rings (SSSR count). The molecular formula is C14H17BrN2O2. The first-order chi connectivity index (χ1) is 9.08. The van der Waals surface area contributed by atoms with Crippen molar-refractivity contribution in [1.82, 2.24) is 5.32 Å². The molecule has 5 heteroatoms. The molecule has 19 heavy (non-hydrogen) atoms. The Labute approximate surface area is 121 Å². The molecule has 1 fully saturated rings. The van der Waals surface area contributed by atoms with Gasteiger partial charge in [-0.05, 0) is 40.9 Å². The lowest BCUT2D eigenvalue weighted by Gasteiger charge is -2.22. The molecule has 1 aliphatic carbocycles. The first-order valence-corrected chi connectivity index (χ1v) is 7.19. The van der Waals surface area contributed by atoms with E-state index in [9.17, 15) is 9.59 Å². The Balaban J connectivity index is 1.98. The number of nitrogens with zero attached hydrogens (tertiary/aromatic N) is 1. The Bertz CT molecular complexity index is 486. The van der Waals surface area contributed by atoms with Crippen LogP contribution in [-0.2, 0) is 9.59 Å². The van der Waals surface area contributed by atoms with Crippen molar-refractivity contribution in [2.45, 2.75) is 32.2 Å². The third-order valence-electron chi connectivity index (χ3n) is 3.03. The van der Waals surface area contributed by atoms with Crippen LogP contribution in [0.15, 0.2) is 28.7 Å². The fraction of sp³-hybridized carbons (Fsp3) is 0.429. The third-order valence-corrected chi connectivity index (χ3v) is 3.70. The zero-order valence-corrected chi connectivity index (χ0v) is 12.4. The van der Waals surface area contributed by atoms with Crippen LogP contribution in [-0.4, -0.2) is 24.4 Å². The van der Waals surface area contributed by atoms with Gasteiger partial charge in [0.15, 0.2) is 0 Å². The maximum atomic E-state index is 11.7. The molecule has 0 heterocycles. The van der Waals surface area contributed by atoms with Crippen molar-refractivity contribution < 1.29 is 9.59 Å². The normalized spacial score (nSPS) is 14.0. The van der Waals surface area contributed by atoms with E-state index in [0.717, 1.165) is 23.0 Å². The minimum absolute atomic E-state index is 0.0146. The number of anilines is 1. The van der Waals surface area contributed by atoms with Crippen LogP contribution >= 0.6 is 15.9 Å². The number of hydrogen-bond acceptors (Lipinski definition) is 2. The van der Waals surface area contributed by atoms with E-state index in [1.165, 1.54) is 6.92 Å². The lowest BCUT2D eigenvalue weighted by atomic mass is 10.2. The highest BCUT2D eigenvalue weighted by molar-refractivity contribution is 9.10. The molecule has 1 aromatic carbocycles. The first-order valence-electron chi connectivity index (χ1n) is 6.40. The number of rotatable bonds is 5. The van der Waals surface area contributed by atoms with Crippen molar-refractivity contribution in [3.8, 4) is 0 Å². The average molecular weight is 325 g/mol. The van der Waals surface area contributed by atoms with Gasteiger partial charge in [-0.2, -0.15) is 0 Å². The van der Waals surface area contributed by atoms with E-state index in [4.69, 9.17) is 0 Å². The van der Waals surface area contributed by atoms with E-state index in [0.29, 0.717) is 19.0 Å². The van der Waals surface area contributed by atoms with E-state index >= 15 is 0 Å². The smallest absolute Gasteiger partial charge is 0.223 e. The van der Waals surface area contributed by atoms with Gasteiger partial charge in [0.1, 0.15) is 0 Å². The summed E-state index contributed by atoms with van der Waals surface area (Å²) in [5.41, 5.74) is 0.800. The van der Waals surface area contributed by atoms with E-state index < -0.39 is 0 Å². The van der Waals surface area contributed by atoms with Crippen molar-refractivity contribution in [1.29, 1.82) is 0 Å². The lowest BCUT2D eigenvalue weighted by Crippen LogP contribution is -2.34. The van der Waals surface area contributed by atoms with Gasteiger partial charge in [-0.3, -0.25) is 9.59 Å². The number of carbonyl (C=O) groups excluding carboxylic acids is 2. The molecule has 1 aliphatic rings. The standard InChI is InChI=1S/C14H17BrN2O2/c1-10(18)17(13-5-3-2-4-12(13)15)9-8-14(19)16-11-6-7-11/h2-5,11H,6-9H2,1H3,(H,16,19). The summed E-state index contributed by atoms with van der Waals surface area (Å²) in [6.07, 6.45) is 2.48. The number of hydrogen-bond donors (Lipinski definition) is 1. The second kappa shape index (κ2) is 6.19. The van der Waals surface area contributed by atoms with Crippen molar-refractivity contribution >= 4 is 33.4 Å². The van der Waals surface area contributed by atoms with Crippen molar-refractivity contribution in [2.24, 2.45) is 0 Å². The summed E-state index contributed by atoms with van der Waals surface area (Å²) < 4.78 is 0.854. The Kier molecular flexibility index (Phi) is 4.58.